The third-order valence-electron chi connectivity index (χ3n) is 3.86. The Balaban J connectivity index is 2.16. The average Bonchev–Trinajstić information content (AvgIpc) is 2.66. The summed E-state index contributed by atoms with van der Waals surface area (Å²) in [6, 6.07) is 14.5. The van der Waals surface area contributed by atoms with Crippen LogP contribution in [0.1, 0.15) is 11.1 Å². The quantitative estimate of drug-likeness (QED) is 0.727. The standard InChI is InChI=1S/C20H18N2O4/c1-25-17-9-5-3-7-13(17)11-15-19(23)22-16(20(24)21-15)12-14-8-4-6-10-18(14)26-2/h3-12H,1-2H3,(H,21,24)(H,22,23)/b15-11+,16-12+. The number of nitrogens with one attached hydrogen (secondary N) is 2. The lowest BCUT2D eigenvalue weighted by molar-refractivity contribution is 0.413. The molecule has 0 saturated heterocycles. The fraction of sp³-hybridized carbons (Fsp3) is 0.100. The molecule has 0 atom stereocenters. The van der Waals surface area contributed by atoms with Gasteiger partial charge in [-0.3, -0.25) is 9.59 Å². The van der Waals surface area contributed by atoms with Crippen LogP contribution in [0.25, 0.3) is 12.2 Å². The second-order valence-electron chi connectivity index (χ2n) is 5.51. The molecule has 2 aromatic carbocycles. The molecule has 1 heterocycles. The highest BCUT2D eigenvalue weighted by atomic mass is 16.5. The van der Waals surface area contributed by atoms with Gasteiger partial charge in [-0.15, -0.1) is 0 Å². The van der Waals surface area contributed by atoms with Gasteiger partial charge in [0.1, 0.15) is 22.2 Å². The second-order valence-corrected chi connectivity index (χ2v) is 5.51. The summed E-state index contributed by atoms with van der Waals surface area (Å²) in [4.78, 5) is 30.0. The highest BCUT2D eigenvalue weighted by Crippen LogP contribution is 2.17. The summed E-state index contributed by atoms with van der Waals surface area (Å²) in [6.07, 6.45) is 3.15. The molecule has 0 aliphatic carbocycles. The molecule has 0 fully saturated rings. The summed E-state index contributed by atoms with van der Waals surface area (Å²) in [6.45, 7) is 0. The largest absolute Gasteiger partial charge is 0.496 e. The lowest BCUT2D eigenvalue weighted by Gasteiger charge is -2.03. The van der Waals surface area contributed by atoms with Gasteiger partial charge in [0.2, 0.25) is 0 Å². The van der Waals surface area contributed by atoms with Crippen molar-refractivity contribution in [3.63, 3.8) is 0 Å². The summed E-state index contributed by atoms with van der Waals surface area (Å²) < 4.78 is 10.5. The Hall–Kier alpha value is -3.54. The Bertz CT molecular complexity index is 1070. The molecule has 0 unspecified atom stereocenters. The van der Waals surface area contributed by atoms with E-state index in [4.69, 9.17) is 9.47 Å². The summed E-state index contributed by atoms with van der Waals surface area (Å²) >= 11 is 0. The molecule has 0 spiro atoms. The van der Waals surface area contributed by atoms with E-state index in [1.165, 1.54) is 0 Å². The Morgan fingerprint density at radius 2 is 1.08 bits per heavy atom. The minimum absolute atomic E-state index is 0.150. The van der Waals surface area contributed by atoms with Gasteiger partial charge in [-0.2, -0.15) is 0 Å². The second kappa shape index (κ2) is 7.57. The zero-order valence-electron chi connectivity index (χ0n) is 14.4. The maximum absolute atomic E-state index is 12.4. The van der Waals surface area contributed by atoms with E-state index in [0.29, 0.717) is 22.6 Å². The van der Waals surface area contributed by atoms with Crippen molar-refractivity contribution >= 4 is 12.2 Å². The predicted octanol–water partition coefficient (Wildman–Crippen LogP) is 0.738. The molecule has 0 amide bonds. The SMILES string of the molecule is COc1ccccc1/C=c1/[nH]c(=O)/c(=C\c2ccccc2OC)[nH]c1=O. The number of hydrogen-bond donors (Lipinski definition) is 2. The smallest absolute Gasteiger partial charge is 0.272 e. The van der Waals surface area contributed by atoms with E-state index < -0.39 is 11.1 Å². The molecule has 1 aromatic heterocycles. The Kier molecular flexibility index (Phi) is 5.03. The van der Waals surface area contributed by atoms with Gasteiger partial charge in [0.15, 0.2) is 0 Å². The number of benzene rings is 2. The first kappa shape index (κ1) is 17.3. The van der Waals surface area contributed by atoms with Crippen molar-refractivity contribution < 1.29 is 9.47 Å². The van der Waals surface area contributed by atoms with Gasteiger partial charge in [-0.25, -0.2) is 0 Å². The maximum atomic E-state index is 12.4. The number of H-pyrrole nitrogens is 2. The fourth-order valence-electron chi connectivity index (χ4n) is 2.58. The van der Waals surface area contributed by atoms with Crippen molar-refractivity contribution in [2.45, 2.75) is 0 Å². The molecule has 3 rings (SSSR count). The molecule has 6 heteroatoms. The number of aromatic nitrogens is 2. The molecule has 2 N–H and O–H groups in total. The van der Waals surface area contributed by atoms with Gasteiger partial charge in [0.05, 0.1) is 14.2 Å². The Morgan fingerprint density at radius 3 is 1.46 bits per heavy atom. The molecule has 0 aliphatic rings. The molecule has 0 saturated carbocycles. The number of ether oxygens (including phenoxy) is 2. The van der Waals surface area contributed by atoms with E-state index in [0.717, 1.165) is 0 Å². The van der Waals surface area contributed by atoms with Crippen LogP contribution in [-0.2, 0) is 0 Å². The molecule has 132 valence electrons. The van der Waals surface area contributed by atoms with Crippen molar-refractivity contribution in [1.82, 2.24) is 9.97 Å². The highest BCUT2D eigenvalue weighted by molar-refractivity contribution is 5.57. The van der Waals surface area contributed by atoms with Crippen molar-refractivity contribution in [1.29, 1.82) is 0 Å². The monoisotopic (exact) mass is 350 g/mol. The molecule has 6 nitrogen and oxygen atoms in total. The minimum Gasteiger partial charge on any atom is -0.496 e. The number of aromatic amines is 2. The zero-order chi connectivity index (χ0) is 18.5. The molecular formula is C20H18N2O4. The van der Waals surface area contributed by atoms with E-state index >= 15 is 0 Å². The normalized spacial score (nSPS) is 12.2. The number of para-hydroxylation sites is 2. The lowest BCUT2D eigenvalue weighted by atomic mass is 10.2. The predicted molar refractivity (Wildman–Crippen MR) is 100 cm³/mol. The van der Waals surface area contributed by atoms with Crippen LogP contribution in [0, 0.1) is 0 Å². The van der Waals surface area contributed by atoms with Crippen LogP contribution in [0.15, 0.2) is 58.1 Å². The van der Waals surface area contributed by atoms with E-state index in [2.05, 4.69) is 9.97 Å². The number of rotatable bonds is 4. The van der Waals surface area contributed by atoms with Crippen LogP contribution in [0.3, 0.4) is 0 Å². The van der Waals surface area contributed by atoms with Crippen LogP contribution in [0.2, 0.25) is 0 Å². The van der Waals surface area contributed by atoms with Gasteiger partial charge in [-0.05, 0) is 24.3 Å². The molecule has 3 aromatic rings. The first-order chi connectivity index (χ1) is 12.6. The van der Waals surface area contributed by atoms with Gasteiger partial charge in [-0.1, -0.05) is 36.4 Å². The van der Waals surface area contributed by atoms with Gasteiger partial charge in [0, 0.05) is 11.1 Å². The number of hydrogen-bond acceptors (Lipinski definition) is 4. The van der Waals surface area contributed by atoms with Crippen LogP contribution < -0.4 is 31.3 Å². The summed E-state index contributed by atoms with van der Waals surface area (Å²) in [5, 5.41) is 0.299. The molecule has 0 bridgehead atoms. The molecular weight excluding hydrogens is 332 g/mol. The van der Waals surface area contributed by atoms with Crippen molar-refractivity contribution in [3.8, 4) is 11.5 Å². The first-order valence-electron chi connectivity index (χ1n) is 7.94. The van der Waals surface area contributed by atoms with Crippen LogP contribution in [0.5, 0.6) is 11.5 Å². The van der Waals surface area contributed by atoms with E-state index in [9.17, 15) is 9.59 Å². The maximum Gasteiger partial charge on any atom is 0.272 e. The number of methoxy groups -OCH3 is 2. The topological polar surface area (TPSA) is 84.2 Å². The third-order valence-corrected chi connectivity index (χ3v) is 3.86. The lowest BCUT2D eigenvalue weighted by Crippen LogP contribution is -2.46. The minimum atomic E-state index is -0.406. The summed E-state index contributed by atoms with van der Waals surface area (Å²) in [5.74, 6) is 1.22. The van der Waals surface area contributed by atoms with Crippen LogP contribution >= 0.6 is 0 Å². The van der Waals surface area contributed by atoms with E-state index in [-0.39, 0.29) is 10.7 Å². The van der Waals surface area contributed by atoms with Crippen molar-refractivity contribution in [3.05, 3.63) is 91.1 Å². The summed E-state index contributed by atoms with van der Waals surface area (Å²) in [5.41, 5.74) is 0.573. The highest BCUT2D eigenvalue weighted by Gasteiger charge is 2.02. The Morgan fingerprint density at radius 1 is 0.692 bits per heavy atom. The van der Waals surface area contributed by atoms with E-state index in [1.54, 1.807) is 50.6 Å². The zero-order valence-corrected chi connectivity index (χ0v) is 14.4. The molecule has 0 aliphatic heterocycles. The first-order valence-corrected chi connectivity index (χ1v) is 7.94. The van der Waals surface area contributed by atoms with Gasteiger partial charge >= 0.3 is 0 Å². The molecule has 0 radical (unpaired) electrons. The van der Waals surface area contributed by atoms with Crippen molar-refractivity contribution in [2.75, 3.05) is 14.2 Å². The van der Waals surface area contributed by atoms with Gasteiger partial charge in [0.25, 0.3) is 11.1 Å². The summed E-state index contributed by atoms with van der Waals surface area (Å²) in [7, 11) is 3.09. The van der Waals surface area contributed by atoms with Gasteiger partial charge < -0.3 is 19.4 Å². The van der Waals surface area contributed by atoms with Crippen LogP contribution in [-0.4, -0.2) is 24.2 Å². The Labute approximate surface area is 149 Å². The van der Waals surface area contributed by atoms with E-state index in [1.807, 2.05) is 24.3 Å². The van der Waals surface area contributed by atoms with Crippen molar-refractivity contribution in [2.24, 2.45) is 0 Å². The van der Waals surface area contributed by atoms with Crippen LogP contribution in [0.4, 0.5) is 0 Å². The molecule has 26 heavy (non-hydrogen) atoms. The third kappa shape index (κ3) is 3.59. The average molecular weight is 350 g/mol. The fourth-order valence-corrected chi connectivity index (χ4v) is 2.58.